The van der Waals surface area contributed by atoms with Gasteiger partial charge in [-0.1, -0.05) is 56.3 Å². The number of hydrogen-bond donors (Lipinski definition) is 1. The van der Waals surface area contributed by atoms with Crippen molar-refractivity contribution in [3.8, 4) is 28.4 Å². The van der Waals surface area contributed by atoms with Crippen LogP contribution >= 0.6 is 0 Å². The molecule has 4 aromatic carbocycles. The number of rotatable bonds is 12. The van der Waals surface area contributed by atoms with Gasteiger partial charge >= 0.3 is 0 Å². The van der Waals surface area contributed by atoms with E-state index in [1.165, 1.54) is 24.8 Å². The van der Waals surface area contributed by atoms with Gasteiger partial charge in [0.05, 0.1) is 31.4 Å². The molecule has 0 radical (unpaired) electrons. The lowest BCUT2D eigenvalue weighted by Crippen LogP contribution is -2.38. The van der Waals surface area contributed by atoms with Gasteiger partial charge in [-0.05, 0) is 77.7 Å². The molecular formula is C35H36N4O5S. The summed E-state index contributed by atoms with van der Waals surface area (Å²) in [6.45, 7) is 3.83. The molecule has 1 heterocycles. The van der Waals surface area contributed by atoms with Crippen LogP contribution in [0.15, 0.2) is 114 Å². The molecule has 0 aliphatic heterocycles. The van der Waals surface area contributed by atoms with Crippen molar-refractivity contribution < 1.29 is 22.7 Å². The zero-order valence-electron chi connectivity index (χ0n) is 25.7. The first kappa shape index (κ1) is 31.5. The van der Waals surface area contributed by atoms with Crippen molar-refractivity contribution in [3.05, 3.63) is 120 Å². The molecule has 0 atom stereocenters. The minimum Gasteiger partial charge on any atom is -0.497 e. The average Bonchev–Trinajstić information content (AvgIpc) is 3.48. The van der Waals surface area contributed by atoms with Gasteiger partial charge in [-0.2, -0.15) is 4.31 Å². The number of anilines is 1. The van der Waals surface area contributed by atoms with Crippen molar-refractivity contribution in [2.45, 2.75) is 31.2 Å². The maximum atomic E-state index is 13.8. The number of amides is 1. The summed E-state index contributed by atoms with van der Waals surface area (Å²) < 4.78 is 41.1. The van der Waals surface area contributed by atoms with Gasteiger partial charge in [-0.25, -0.2) is 13.4 Å². The van der Waals surface area contributed by atoms with Gasteiger partial charge in [0.25, 0.3) is 0 Å². The van der Waals surface area contributed by atoms with Gasteiger partial charge in [0.2, 0.25) is 21.9 Å². The first-order chi connectivity index (χ1) is 21.7. The summed E-state index contributed by atoms with van der Waals surface area (Å²) in [5.74, 6) is 1.34. The van der Waals surface area contributed by atoms with Gasteiger partial charge < -0.3 is 9.47 Å². The van der Waals surface area contributed by atoms with Crippen LogP contribution in [0.1, 0.15) is 30.9 Å². The molecule has 0 spiro atoms. The Bertz CT molecular complexity index is 1840. The fourth-order valence-electron chi connectivity index (χ4n) is 4.82. The van der Waals surface area contributed by atoms with Gasteiger partial charge in [-0.15, -0.1) is 0 Å². The minimum atomic E-state index is -4.05. The fourth-order valence-corrected chi connectivity index (χ4v) is 6.20. The topological polar surface area (TPSA) is 103 Å². The average molecular weight is 625 g/mol. The van der Waals surface area contributed by atoms with Crippen LogP contribution in [0, 0.1) is 0 Å². The molecule has 0 aliphatic rings. The SMILES string of the molecule is COc1ccc(-c2cn(-c3ccc(C(C)C)cc3)c(NC(=O)CN(Cc3ccccc3)S(=O)(=O)c3ccc(OC)cc3)n2)cc1. The molecule has 1 aromatic heterocycles. The number of aromatic nitrogens is 2. The number of carbonyl (C=O) groups is 1. The van der Waals surface area contributed by atoms with E-state index in [0.717, 1.165) is 21.1 Å². The molecule has 0 saturated heterocycles. The monoisotopic (exact) mass is 624 g/mol. The molecule has 10 heteroatoms. The second-order valence-corrected chi connectivity index (χ2v) is 12.7. The molecular weight excluding hydrogens is 588 g/mol. The highest BCUT2D eigenvalue weighted by Crippen LogP contribution is 2.28. The third-order valence-electron chi connectivity index (χ3n) is 7.40. The van der Waals surface area contributed by atoms with Crippen LogP contribution in [0.25, 0.3) is 16.9 Å². The van der Waals surface area contributed by atoms with Crippen LogP contribution < -0.4 is 14.8 Å². The Morgan fingerprint density at radius 1 is 0.844 bits per heavy atom. The highest BCUT2D eigenvalue weighted by Gasteiger charge is 2.28. The van der Waals surface area contributed by atoms with Crippen LogP contribution in [0.4, 0.5) is 5.95 Å². The largest absolute Gasteiger partial charge is 0.497 e. The lowest BCUT2D eigenvalue weighted by Gasteiger charge is -2.22. The van der Waals surface area contributed by atoms with Crippen LogP contribution in [-0.2, 0) is 21.4 Å². The number of nitrogens with one attached hydrogen (secondary N) is 1. The Morgan fingerprint density at radius 2 is 1.44 bits per heavy atom. The van der Waals surface area contributed by atoms with E-state index >= 15 is 0 Å². The molecule has 1 amide bonds. The van der Waals surface area contributed by atoms with Gasteiger partial charge in [0.15, 0.2) is 0 Å². The Labute approximate surface area is 264 Å². The summed E-state index contributed by atoms with van der Waals surface area (Å²) in [5.41, 5.74) is 4.19. The first-order valence-corrected chi connectivity index (χ1v) is 15.9. The smallest absolute Gasteiger partial charge is 0.243 e. The second kappa shape index (κ2) is 13.8. The maximum Gasteiger partial charge on any atom is 0.243 e. The molecule has 0 saturated carbocycles. The molecule has 5 rings (SSSR count). The van der Waals surface area contributed by atoms with Gasteiger partial charge in [0.1, 0.15) is 11.5 Å². The molecule has 232 valence electrons. The maximum absolute atomic E-state index is 13.8. The number of ether oxygens (including phenoxy) is 2. The van der Waals surface area contributed by atoms with E-state index in [2.05, 4.69) is 19.2 Å². The minimum absolute atomic E-state index is 0.00479. The standard InChI is InChI=1S/C35H36N4O5S/c1-25(2)27-10-14-29(15-11-27)39-23-33(28-12-16-30(43-3)17-13-28)36-35(39)37-34(40)24-38(22-26-8-6-5-7-9-26)45(41,42)32-20-18-31(44-4)19-21-32/h5-21,23,25H,22,24H2,1-4H3,(H,36,37,40). The number of sulfonamides is 1. The predicted octanol–water partition coefficient (Wildman–Crippen LogP) is 6.51. The van der Waals surface area contributed by atoms with E-state index in [1.807, 2.05) is 85.1 Å². The van der Waals surface area contributed by atoms with Crippen molar-refractivity contribution >= 4 is 21.9 Å². The van der Waals surface area contributed by atoms with Crippen LogP contribution in [0.2, 0.25) is 0 Å². The molecule has 1 N–H and O–H groups in total. The number of carbonyl (C=O) groups excluding carboxylic acids is 1. The fraction of sp³-hybridized carbons (Fsp3) is 0.200. The van der Waals surface area contributed by atoms with E-state index in [9.17, 15) is 13.2 Å². The lowest BCUT2D eigenvalue weighted by atomic mass is 10.0. The normalized spacial score (nSPS) is 11.5. The molecule has 0 fully saturated rings. The van der Waals surface area contributed by atoms with E-state index < -0.39 is 22.5 Å². The van der Waals surface area contributed by atoms with Crippen molar-refractivity contribution in [1.29, 1.82) is 0 Å². The third kappa shape index (κ3) is 7.42. The highest BCUT2D eigenvalue weighted by atomic mass is 32.2. The number of imidazole rings is 1. The van der Waals surface area contributed by atoms with Crippen LogP contribution in [0.3, 0.4) is 0 Å². The predicted molar refractivity (Wildman–Crippen MR) is 175 cm³/mol. The Kier molecular flexibility index (Phi) is 9.65. The Morgan fingerprint density at radius 3 is 2.02 bits per heavy atom. The summed E-state index contributed by atoms with van der Waals surface area (Å²) in [6, 6.07) is 30.8. The number of nitrogens with zero attached hydrogens (tertiary/aromatic N) is 3. The van der Waals surface area contributed by atoms with Crippen LogP contribution in [-0.4, -0.2) is 48.9 Å². The molecule has 5 aromatic rings. The first-order valence-electron chi connectivity index (χ1n) is 14.5. The highest BCUT2D eigenvalue weighted by molar-refractivity contribution is 7.89. The Hall–Kier alpha value is -4.93. The number of benzene rings is 4. The van der Waals surface area contributed by atoms with E-state index in [0.29, 0.717) is 23.1 Å². The number of hydrogen-bond acceptors (Lipinski definition) is 6. The molecule has 9 nitrogen and oxygen atoms in total. The molecule has 0 bridgehead atoms. The molecule has 0 unspecified atom stereocenters. The Balaban J connectivity index is 1.47. The third-order valence-corrected chi connectivity index (χ3v) is 9.21. The molecule has 0 aliphatic carbocycles. The second-order valence-electron chi connectivity index (χ2n) is 10.8. The van der Waals surface area contributed by atoms with E-state index in [1.54, 1.807) is 23.8 Å². The van der Waals surface area contributed by atoms with Crippen molar-refractivity contribution in [2.24, 2.45) is 0 Å². The zero-order chi connectivity index (χ0) is 32.0. The molecule has 45 heavy (non-hydrogen) atoms. The van der Waals surface area contributed by atoms with Crippen molar-refractivity contribution in [2.75, 3.05) is 26.1 Å². The van der Waals surface area contributed by atoms with E-state index in [4.69, 9.17) is 14.5 Å². The van der Waals surface area contributed by atoms with Crippen LogP contribution in [0.5, 0.6) is 11.5 Å². The summed E-state index contributed by atoms with van der Waals surface area (Å²) in [7, 11) is -0.936. The summed E-state index contributed by atoms with van der Waals surface area (Å²) >= 11 is 0. The quantitative estimate of drug-likeness (QED) is 0.170. The van der Waals surface area contributed by atoms with Gasteiger partial charge in [0, 0.05) is 24.0 Å². The van der Waals surface area contributed by atoms with Crippen molar-refractivity contribution in [1.82, 2.24) is 13.9 Å². The zero-order valence-corrected chi connectivity index (χ0v) is 26.5. The lowest BCUT2D eigenvalue weighted by molar-refractivity contribution is -0.116. The van der Waals surface area contributed by atoms with Crippen molar-refractivity contribution in [3.63, 3.8) is 0 Å². The summed E-state index contributed by atoms with van der Waals surface area (Å²) in [6.07, 6.45) is 1.84. The summed E-state index contributed by atoms with van der Waals surface area (Å²) in [5, 5.41) is 2.88. The number of methoxy groups -OCH3 is 2. The van der Waals surface area contributed by atoms with Gasteiger partial charge in [-0.3, -0.25) is 14.7 Å². The van der Waals surface area contributed by atoms with E-state index in [-0.39, 0.29) is 17.4 Å². The summed E-state index contributed by atoms with van der Waals surface area (Å²) in [4.78, 5) is 18.4.